The van der Waals surface area contributed by atoms with E-state index in [1.165, 1.54) is 11.1 Å². The number of nitrogen functional groups attached to an aromatic ring is 1. The molecule has 0 aliphatic carbocycles. The molecule has 1 aromatic carbocycles. The molecule has 3 aromatic rings. The minimum absolute atomic E-state index is 0.0685. The number of hydrogen-bond donors (Lipinski definition) is 1. The van der Waals surface area contributed by atoms with E-state index >= 15 is 0 Å². The molecule has 164 valence electrons. The number of aromatic nitrogens is 3. The van der Waals surface area contributed by atoms with Gasteiger partial charge in [0.05, 0.1) is 6.04 Å². The fourth-order valence-electron chi connectivity index (χ4n) is 4.84. The predicted molar refractivity (Wildman–Crippen MR) is 124 cm³/mol. The maximum Gasteiger partial charge on any atom is 0.240 e. The third-order valence-electron chi connectivity index (χ3n) is 6.78. The number of carbonyl (C=O) groups is 1. The minimum atomic E-state index is -0.0685. The Morgan fingerprint density at radius 1 is 0.938 bits per heavy atom. The molecule has 32 heavy (non-hydrogen) atoms. The smallest absolute Gasteiger partial charge is 0.240 e. The summed E-state index contributed by atoms with van der Waals surface area (Å²) in [4.78, 5) is 30.3. The van der Waals surface area contributed by atoms with Crippen molar-refractivity contribution in [1.82, 2.24) is 24.8 Å². The van der Waals surface area contributed by atoms with Gasteiger partial charge in [-0.05, 0) is 43.5 Å². The molecule has 5 rings (SSSR count). The van der Waals surface area contributed by atoms with Gasteiger partial charge in [-0.2, -0.15) is 0 Å². The number of likely N-dealkylation sites (tertiary alicyclic amines) is 1. The largest absolute Gasteiger partial charge is 0.368 e. The molecule has 2 aliphatic rings. The van der Waals surface area contributed by atoms with Crippen molar-refractivity contribution in [2.45, 2.75) is 37.8 Å². The van der Waals surface area contributed by atoms with Crippen molar-refractivity contribution in [3.8, 4) is 11.1 Å². The van der Waals surface area contributed by atoms with Crippen LogP contribution in [0.1, 0.15) is 35.6 Å². The van der Waals surface area contributed by atoms with Gasteiger partial charge in [0.15, 0.2) is 0 Å². The number of benzene rings is 1. The van der Waals surface area contributed by atoms with E-state index in [0.717, 1.165) is 55.7 Å². The number of amides is 1. The molecule has 1 saturated heterocycles. The molecule has 2 aromatic heterocycles. The Bertz CT molecular complexity index is 1090. The molecule has 1 fully saturated rings. The zero-order chi connectivity index (χ0) is 22.1. The molecule has 7 heteroatoms. The van der Waals surface area contributed by atoms with Crippen LogP contribution in [0, 0.1) is 0 Å². The lowest BCUT2D eigenvalue weighted by Crippen LogP contribution is -2.51. The Morgan fingerprint density at radius 2 is 1.62 bits per heavy atom. The molecule has 0 saturated carbocycles. The summed E-state index contributed by atoms with van der Waals surface area (Å²) in [6.07, 6.45) is 7.97. The maximum atomic E-state index is 13.3. The Kier molecular flexibility index (Phi) is 5.57. The zero-order valence-electron chi connectivity index (χ0n) is 18.3. The molecule has 2 N–H and O–H groups in total. The molecular formula is C25H28N6O. The molecule has 0 unspecified atom stereocenters. The van der Waals surface area contributed by atoms with Crippen molar-refractivity contribution >= 4 is 11.9 Å². The number of rotatable bonds is 3. The van der Waals surface area contributed by atoms with E-state index < -0.39 is 0 Å². The second kappa shape index (κ2) is 8.67. The van der Waals surface area contributed by atoms with Gasteiger partial charge < -0.3 is 10.6 Å². The highest BCUT2D eigenvalue weighted by atomic mass is 16.2. The summed E-state index contributed by atoms with van der Waals surface area (Å²) in [5.41, 5.74) is 11.2. The van der Waals surface area contributed by atoms with Crippen molar-refractivity contribution < 1.29 is 4.79 Å². The average molecular weight is 429 g/mol. The van der Waals surface area contributed by atoms with Crippen LogP contribution >= 0.6 is 0 Å². The SMILES string of the molecule is CN1Cc2ccccc2C[C@H]1C(=O)N1CCC(c2ccc(-c3cnc(N)nc3)cn2)CC1. The van der Waals surface area contributed by atoms with Crippen LogP contribution in [0.4, 0.5) is 5.95 Å². The van der Waals surface area contributed by atoms with E-state index in [9.17, 15) is 4.79 Å². The topological polar surface area (TPSA) is 88.2 Å². The third kappa shape index (κ3) is 4.08. The van der Waals surface area contributed by atoms with Gasteiger partial charge in [0, 0.05) is 61.0 Å². The predicted octanol–water partition coefficient (Wildman–Crippen LogP) is 2.88. The van der Waals surface area contributed by atoms with Gasteiger partial charge in [-0.3, -0.25) is 14.7 Å². The molecule has 0 bridgehead atoms. The number of nitrogens with zero attached hydrogens (tertiary/aromatic N) is 5. The quantitative estimate of drug-likeness (QED) is 0.690. The highest BCUT2D eigenvalue weighted by Crippen LogP contribution is 2.30. The normalized spacial score (nSPS) is 19.5. The van der Waals surface area contributed by atoms with Gasteiger partial charge in [-0.1, -0.05) is 30.3 Å². The van der Waals surface area contributed by atoms with Gasteiger partial charge in [0.1, 0.15) is 0 Å². The third-order valence-corrected chi connectivity index (χ3v) is 6.78. The van der Waals surface area contributed by atoms with Crippen LogP contribution < -0.4 is 5.73 Å². The Morgan fingerprint density at radius 3 is 2.31 bits per heavy atom. The summed E-state index contributed by atoms with van der Waals surface area (Å²) in [6.45, 7) is 2.40. The number of fused-ring (bicyclic) bond motifs is 1. The molecule has 2 aliphatic heterocycles. The number of anilines is 1. The number of hydrogen-bond acceptors (Lipinski definition) is 6. The first-order valence-corrected chi connectivity index (χ1v) is 11.2. The fourth-order valence-corrected chi connectivity index (χ4v) is 4.84. The van der Waals surface area contributed by atoms with Crippen molar-refractivity contribution in [1.29, 1.82) is 0 Å². The van der Waals surface area contributed by atoms with Gasteiger partial charge in [-0.15, -0.1) is 0 Å². The van der Waals surface area contributed by atoms with Gasteiger partial charge >= 0.3 is 0 Å². The van der Waals surface area contributed by atoms with Gasteiger partial charge in [0.2, 0.25) is 11.9 Å². The summed E-state index contributed by atoms with van der Waals surface area (Å²) in [6, 6.07) is 12.5. The van der Waals surface area contributed by atoms with Crippen LogP contribution in [0.3, 0.4) is 0 Å². The van der Waals surface area contributed by atoms with E-state index in [1.807, 2.05) is 11.1 Å². The highest BCUT2D eigenvalue weighted by molar-refractivity contribution is 5.82. The van der Waals surface area contributed by atoms with Crippen LogP contribution in [0.2, 0.25) is 0 Å². The molecule has 4 heterocycles. The summed E-state index contributed by atoms with van der Waals surface area (Å²) < 4.78 is 0. The van der Waals surface area contributed by atoms with Crippen molar-refractivity contribution in [3.05, 3.63) is 71.8 Å². The van der Waals surface area contributed by atoms with E-state index in [4.69, 9.17) is 10.7 Å². The lowest BCUT2D eigenvalue weighted by Gasteiger charge is -2.39. The maximum absolute atomic E-state index is 13.3. The first kappa shape index (κ1) is 20.6. The summed E-state index contributed by atoms with van der Waals surface area (Å²) in [7, 11) is 2.06. The Labute approximate surface area is 188 Å². The van der Waals surface area contributed by atoms with E-state index in [1.54, 1.807) is 12.4 Å². The van der Waals surface area contributed by atoms with E-state index in [-0.39, 0.29) is 17.9 Å². The van der Waals surface area contributed by atoms with Crippen LogP contribution in [0.15, 0.2) is 55.0 Å². The van der Waals surface area contributed by atoms with Crippen molar-refractivity contribution in [2.75, 3.05) is 25.9 Å². The lowest BCUT2D eigenvalue weighted by molar-refractivity contribution is -0.138. The molecule has 7 nitrogen and oxygen atoms in total. The van der Waals surface area contributed by atoms with Crippen LogP contribution in [0.5, 0.6) is 0 Å². The highest BCUT2D eigenvalue weighted by Gasteiger charge is 2.34. The number of piperidine rings is 1. The standard InChI is InChI=1S/C25H28N6O/c1-30-16-20-5-3-2-4-18(20)12-23(30)24(32)31-10-8-17(9-11-31)22-7-6-19(13-27-22)21-14-28-25(26)29-15-21/h2-7,13-15,17,23H,8-12,16H2,1H3,(H2,26,28,29)/t23-/m0/s1. The molecular weight excluding hydrogens is 400 g/mol. The van der Waals surface area contributed by atoms with Crippen LogP contribution in [-0.2, 0) is 17.8 Å². The van der Waals surface area contributed by atoms with Crippen LogP contribution in [0.25, 0.3) is 11.1 Å². The van der Waals surface area contributed by atoms with Crippen LogP contribution in [-0.4, -0.2) is 56.8 Å². The van der Waals surface area contributed by atoms with Gasteiger partial charge in [0.25, 0.3) is 0 Å². The van der Waals surface area contributed by atoms with Gasteiger partial charge in [-0.25, -0.2) is 9.97 Å². The monoisotopic (exact) mass is 428 g/mol. The molecule has 0 radical (unpaired) electrons. The van der Waals surface area contributed by atoms with Crippen molar-refractivity contribution in [3.63, 3.8) is 0 Å². The first-order valence-electron chi connectivity index (χ1n) is 11.2. The summed E-state index contributed by atoms with van der Waals surface area (Å²) in [5, 5.41) is 0. The lowest BCUT2D eigenvalue weighted by atomic mass is 9.90. The second-order valence-corrected chi connectivity index (χ2v) is 8.80. The van der Waals surface area contributed by atoms with E-state index in [0.29, 0.717) is 5.92 Å². The first-order chi connectivity index (χ1) is 15.6. The van der Waals surface area contributed by atoms with E-state index in [2.05, 4.69) is 58.3 Å². The second-order valence-electron chi connectivity index (χ2n) is 8.80. The number of pyridine rings is 1. The molecule has 1 amide bonds. The number of carbonyl (C=O) groups excluding carboxylic acids is 1. The Balaban J connectivity index is 1.21. The Hall–Kier alpha value is -3.32. The number of nitrogens with two attached hydrogens (primary N) is 1. The molecule has 0 spiro atoms. The summed E-state index contributed by atoms with van der Waals surface area (Å²) >= 11 is 0. The van der Waals surface area contributed by atoms with Crippen molar-refractivity contribution in [2.24, 2.45) is 0 Å². The summed E-state index contributed by atoms with van der Waals surface area (Å²) in [5.74, 6) is 0.899. The molecule has 1 atom stereocenters. The average Bonchev–Trinajstić information content (AvgIpc) is 2.84. The number of likely N-dealkylation sites (N-methyl/N-ethyl adjacent to an activating group) is 1. The fraction of sp³-hybridized carbons (Fsp3) is 0.360. The minimum Gasteiger partial charge on any atom is -0.368 e. The zero-order valence-corrected chi connectivity index (χ0v) is 18.3.